The van der Waals surface area contributed by atoms with Gasteiger partial charge in [0.25, 0.3) is 0 Å². The van der Waals surface area contributed by atoms with E-state index in [9.17, 15) is 4.39 Å². The van der Waals surface area contributed by atoms with E-state index in [-0.39, 0.29) is 5.82 Å². The summed E-state index contributed by atoms with van der Waals surface area (Å²) in [5.74, 6) is 0.772. The van der Waals surface area contributed by atoms with Gasteiger partial charge < -0.3 is 10.1 Å². The Kier molecular flexibility index (Phi) is 5.44. The van der Waals surface area contributed by atoms with Crippen molar-refractivity contribution in [2.45, 2.75) is 19.9 Å². The smallest absolute Gasteiger partial charge is 0.126 e. The van der Waals surface area contributed by atoms with Gasteiger partial charge in [-0.1, -0.05) is 48.5 Å². The first-order valence-electron chi connectivity index (χ1n) is 8.37. The van der Waals surface area contributed by atoms with Crippen molar-refractivity contribution in [1.29, 1.82) is 0 Å². The summed E-state index contributed by atoms with van der Waals surface area (Å²) in [4.78, 5) is 0. The Morgan fingerprint density at radius 1 is 0.958 bits per heavy atom. The maximum atomic E-state index is 13.7. The Hall–Kier alpha value is -2.39. The minimum atomic E-state index is -0.139. The highest BCUT2D eigenvalue weighted by Crippen LogP contribution is 2.28. The molecule has 124 valence electrons. The van der Waals surface area contributed by atoms with E-state index in [2.05, 4.69) is 23.5 Å². The molecule has 0 aromatic heterocycles. The lowest BCUT2D eigenvalue weighted by molar-refractivity contribution is 0.336. The molecule has 0 unspecified atom stereocenters. The molecule has 0 atom stereocenters. The molecule has 3 rings (SSSR count). The molecule has 0 fully saturated rings. The van der Waals surface area contributed by atoms with E-state index >= 15 is 0 Å². The van der Waals surface area contributed by atoms with Crippen molar-refractivity contribution in [2.75, 3.05) is 13.2 Å². The molecule has 3 aromatic carbocycles. The zero-order chi connectivity index (χ0) is 16.8. The lowest BCUT2D eigenvalue weighted by atomic mass is 10.0. The Morgan fingerprint density at radius 3 is 2.58 bits per heavy atom. The number of halogens is 1. The average molecular weight is 323 g/mol. The van der Waals surface area contributed by atoms with Gasteiger partial charge in [-0.25, -0.2) is 4.39 Å². The quantitative estimate of drug-likeness (QED) is 0.636. The van der Waals surface area contributed by atoms with Crippen molar-refractivity contribution >= 4 is 10.8 Å². The average Bonchev–Trinajstić information content (AvgIpc) is 2.61. The summed E-state index contributed by atoms with van der Waals surface area (Å²) < 4.78 is 19.4. The van der Waals surface area contributed by atoms with Crippen LogP contribution in [0.4, 0.5) is 4.39 Å². The van der Waals surface area contributed by atoms with Crippen LogP contribution in [0.25, 0.3) is 10.8 Å². The number of ether oxygens (including phenoxy) is 1. The van der Waals surface area contributed by atoms with Crippen LogP contribution in [0.1, 0.15) is 18.1 Å². The third kappa shape index (κ3) is 3.74. The van der Waals surface area contributed by atoms with E-state index in [1.54, 1.807) is 6.07 Å². The van der Waals surface area contributed by atoms with Crippen LogP contribution in [0.2, 0.25) is 0 Å². The first kappa shape index (κ1) is 16.5. The van der Waals surface area contributed by atoms with Crippen molar-refractivity contribution < 1.29 is 9.13 Å². The highest BCUT2D eigenvalue weighted by molar-refractivity contribution is 5.87. The van der Waals surface area contributed by atoms with E-state index in [0.29, 0.717) is 19.6 Å². The molecule has 0 aliphatic heterocycles. The maximum absolute atomic E-state index is 13.7. The van der Waals surface area contributed by atoms with Gasteiger partial charge in [0, 0.05) is 12.1 Å². The lowest BCUT2D eigenvalue weighted by Crippen LogP contribution is -2.18. The number of nitrogens with one attached hydrogen (secondary N) is 1. The van der Waals surface area contributed by atoms with Gasteiger partial charge in [-0.15, -0.1) is 0 Å². The molecule has 24 heavy (non-hydrogen) atoms. The highest BCUT2D eigenvalue weighted by atomic mass is 19.1. The molecule has 0 aliphatic carbocycles. The Morgan fingerprint density at radius 2 is 1.75 bits per heavy atom. The van der Waals surface area contributed by atoms with Gasteiger partial charge in [0.1, 0.15) is 11.6 Å². The molecule has 3 heteroatoms. The van der Waals surface area contributed by atoms with Crippen molar-refractivity contribution in [1.82, 2.24) is 5.32 Å². The molecule has 0 spiro atoms. The third-order valence-corrected chi connectivity index (χ3v) is 4.13. The number of benzene rings is 3. The molecule has 0 saturated heterocycles. The second-order valence-electron chi connectivity index (χ2n) is 5.71. The number of hydrogen-bond acceptors (Lipinski definition) is 2. The largest absolute Gasteiger partial charge is 0.494 e. The molecule has 0 amide bonds. The first-order chi connectivity index (χ1) is 11.8. The molecule has 2 nitrogen and oxygen atoms in total. The van der Waals surface area contributed by atoms with Gasteiger partial charge in [-0.3, -0.25) is 0 Å². The predicted octanol–water partition coefficient (Wildman–Crippen LogP) is 4.71. The highest BCUT2D eigenvalue weighted by Gasteiger charge is 2.08. The molecule has 0 saturated carbocycles. The summed E-state index contributed by atoms with van der Waals surface area (Å²) in [6.07, 6.45) is 0.668. The Bertz CT molecular complexity index is 816. The number of rotatable bonds is 7. The zero-order valence-electron chi connectivity index (χ0n) is 13.9. The topological polar surface area (TPSA) is 21.3 Å². The van der Waals surface area contributed by atoms with Crippen LogP contribution >= 0.6 is 0 Å². The monoisotopic (exact) mass is 323 g/mol. The molecule has 0 radical (unpaired) electrons. The maximum Gasteiger partial charge on any atom is 0.126 e. The zero-order valence-corrected chi connectivity index (χ0v) is 13.9. The normalized spacial score (nSPS) is 10.9. The molecule has 0 aliphatic rings. The van der Waals surface area contributed by atoms with Gasteiger partial charge in [0.05, 0.1) is 6.61 Å². The molecule has 0 bridgehead atoms. The van der Waals surface area contributed by atoms with Crippen molar-refractivity contribution in [2.24, 2.45) is 0 Å². The molecule has 3 aromatic rings. The Balaban J connectivity index is 1.72. The van der Waals surface area contributed by atoms with Gasteiger partial charge in [0.15, 0.2) is 0 Å². The van der Waals surface area contributed by atoms with Crippen LogP contribution in [0.3, 0.4) is 0 Å². The second kappa shape index (κ2) is 7.93. The van der Waals surface area contributed by atoms with Crippen LogP contribution in [-0.2, 0) is 13.0 Å². The fraction of sp³-hybridized carbons (Fsp3) is 0.238. The van der Waals surface area contributed by atoms with Gasteiger partial charge in [0.2, 0.25) is 0 Å². The summed E-state index contributed by atoms with van der Waals surface area (Å²) in [5.41, 5.74) is 1.90. The van der Waals surface area contributed by atoms with Gasteiger partial charge in [-0.05, 0) is 48.4 Å². The van der Waals surface area contributed by atoms with E-state index in [4.69, 9.17) is 4.74 Å². The fourth-order valence-corrected chi connectivity index (χ4v) is 2.93. The van der Waals surface area contributed by atoms with E-state index < -0.39 is 0 Å². The fourth-order valence-electron chi connectivity index (χ4n) is 2.93. The molecular formula is C21H22FNO. The van der Waals surface area contributed by atoms with Crippen molar-refractivity contribution in [3.05, 3.63) is 77.6 Å². The number of hydrogen-bond donors (Lipinski definition) is 1. The first-order valence-corrected chi connectivity index (χ1v) is 8.37. The SMILES string of the molecule is CCOc1ccc2ccccc2c1CNCCc1ccccc1F. The Labute approximate surface area is 142 Å². The van der Waals surface area contributed by atoms with Crippen molar-refractivity contribution in [3.63, 3.8) is 0 Å². The molecule has 0 heterocycles. The number of fused-ring (bicyclic) bond motifs is 1. The van der Waals surface area contributed by atoms with E-state index in [1.807, 2.05) is 37.3 Å². The lowest BCUT2D eigenvalue weighted by Gasteiger charge is -2.14. The van der Waals surface area contributed by atoms with Gasteiger partial charge in [-0.2, -0.15) is 0 Å². The van der Waals surface area contributed by atoms with E-state index in [0.717, 1.165) is 23.4 Å². The molecule has 1 N–H and O–H groups in total. The second-order valence-corrected chi connectivity index (χ2v) is 5.71. The summed E-state index contributed by atoms with van der Waals surface area (Å²) in [6.45, 7) is 4.05. The standard InChI is InChI=1S/C21H22FNO/c1-2-24-21-12-11-16-7-3-5-9-18(16)19(21)15-23-14-13-17-8-4-6-10-20(17)22/h3-12,23H,2,13-15H2,1H3. The van der Waals surface area contributed by atoms with Crippen LogP contribution in [0.5, 0.6) is 5.75 Å². The minimum Gasteiger partial charge on any atom is -0.494 e. The van der Waals surface area contributed by atoms with Crippen molar-refractivity contribution in [3.8, 4) is 5.75 Å². The van der Waals surface area contributed by atoms with Crippen LogP contribution in [0, 0.1) is 5.82 Å². The summed E-state index contributed by atoms with van der Waals surface area (Å²) in [5, 5.41) is 5.82. The van der Waals surface area contributed by atoms with Crippen LogP contribution in [0.15, 0.2) is 60.7 Å². The van der Waals surface area contributed by atoms with E-state index in [1.165, 1.54) is 16.8 Å². The van der Waals surface area contributed by atoms with Crippen LogP contribution in [-0.4, -0.2) is 13.2 Å². The van der Waals surface area contributed by atoms with Gasteiger partial charge >= 0.3 is 0 Å². The summed E-state index contributed by atoms with van der Waals surface area (Å²) >= 11 is 0. The van der Waals surface area contributed by atoms with Crippen LogP contribution < -0.4 is 10.1 Å². The molecular weight excluding hydrogens is 301 g/mol. The third-order valence-electron chi connectivity index (χ3n) is 4.13. The summed E-state index contributed by atoms with van der Waals surface area (Å²) in [7, 11) is 0. The summed E-state index contributed by atoms with van der Waals surface area (Å²) in [6, 6.07) is 19.3. The predicted molar refractivity (Wildman–Crippen MR) is 96.9 cm³/mol. The minimum absolute atomic E-state index is 0.139.